The van der Waals surface area contributed by atoms with Gasteiger partial charge in [-0.2, -0.15) is 0 Å². The van der Waals surface area contributed by atoms with Crippen molar-refractivity contribution >= 4 is 22.5 Å². The highest BCUT2D eigenvalue weighted by Crippen LogP contribution is 2.22. The number of guanidine groups is 1. The molecule has 1 aromatic heterocycles. The number of H-pyrrole nitrogens is 1. The number of morpholine rings is 1. The molecule has 6 nitrogen and oxygen atoms in total. The maximum atomic E-state index is 14.6. The average Bonchev–Trinajstić information content (AvgIpc) is 3.21. The largest absolute Gasteiger partial charge is 0.378 e. The van der Waals surface area contributed by atoms with Crippen molar-refractivity contribution in [2.24, 2.45) is 4.99 Å². The number of aliphatic imine (C=N–C) groups is 1. The number of fused-ring (bicyclic) bond motifs is 1. The normalized spacial score (nSPS) is 14.8. The highest BCUT2D eigenvalue weighted by molar-refractivity contribution is 5.83. The molecule has 3 aromatic rings. The van der Waals surface area contributed by atoms with Crippen LogP contribution in [0.3, 0.4) is 0 Å². The smallest absolute Gasteiger partial charge is 0.191 e. The van der Waals surface area contributed by atoms with Crippen molar-refractivity contribution in [3.8, 4) is 0 Å². The third kappa shape index (κ3) is 5.35. The summed E-state index contributed by atoms with van der Waals surface area (Å²) in [5, 5.41) is 7.90. The highest BCUT2D eigenvalue weighted by atomic mass is 19.1. The Hall–Kier alpha value is -3.06. The minimum absolute atomic E-state index is 0.202. The topological polar surface area (TPSA) is 64.7 Å². The molecule has 0 unspecified atom stereocenters. The number of rotatable bonds is 7. The summed E-state index contributed by atoms with van der Waals surface area (Å²) in [6.07, 6.45) is 2.95. The number of hydrogen-bond acceptors (Lipinski definition) is 3. The molecule has 2 heterocycles. The number of nitrogens with zero attached hydrogens (tertiary/aromatic N) is 2. The summed E-state index contributed by atoms with van der Waals surface area (Å²) in [4.78, 5) is 9.98. The second kappa shape index (κ2) is 10.3. The lowest BCUT2D eigenvalue weighted by atomic mass is 10.1. The van der Waals surface area contributed by atoms with E-state index in [2.05, 4.69) is 45.0 Å². The van der Waals surface area contributed by atoms with Crippen molar-refractivity contribution in [1.29, 1.82) is 0 Å². The number of ether oxygens (including phenoxy) is 1. The predicted molar refractivity (Wildman–Crippen MR) is 124 cm³/mol. The maximum absolute atomic E-state index is 14.6. The average molecular weight is 424 g/mol. The fraction of sp³-hybridized carbons (Fsp3) is 0.375. The Labute approximate surface area is 182 Å². The molecule has 0 saturated carbocycles. The minimum Gasteiger partial charge on any atom is -0.378 e. The van der Waals surface area contributed by atoms with Crippen LogP contribution in [0.15, 0.2) is 53.7 Å². The maximum Gasteiger partial charge on any atom is 0.191 e. The van der Waals surface area contributed by atoms with Crippen LogP contribution >= 0.6 is 0 Å². The number of hydrogen-bond donors (Lipinski definition) is 3. The van der Waals surface area contributed by atoms with E-state index in [-0.39, 0.29) is 5.82 Å². The van der Waals surface area contributed by atoms with Gasteiger partial charge in [0.25, 0.3) is 0 Å². The molecule has 0 atom stereocenters. The third-order valence-corrected chi connectivity index (χ3v) is 5.49. The van der Waals surface area contributed by atoms with Gasteiger partial charge in [-0.15, -0.1) is 0 Å². The molecule has 0 aliphatic carbocycles. The summed E-state index contributed by atoms with van der Waals surface area (Å²) >= 11 is 0. The minimum atomic E-state index is -0.202. The third-order valence-electron chi connectivity index (χ3n) is 5.49. The van der Waals surface area contributed by atoms with Crippen LogP contribution < -0.4 is 15.5 Å². The first-order valence-electron chi connectivity index (χ1n) is 10.9. The quantitative estimate of drug-likeness (QED) is 0.402. The molecular formula is C24H30FN5O. The number of para-hydroxylation sites is 1. The second-order valence-corrected chi connectivity index (χ2v) is 7.62. The van der Waals surface area contributed by atoms with Crippen molar-refractivity contribution in [3.63, 3.8) is 0 Å². The number of anilines is 1. The van der Waals surface area contributed by atoms with Crippen molar-refractivity contribution in [2.45, 2.75) is 19.9 Å². The molecule has 0 amide bonds. The van der Waals surface area contributed by atoms with Crippen molar-refractivity contribution in [2.75, 3.05) is 44.3 Å². The summed E-state index contributed by atoms with van der Waals surface area (Å²) in [7, 11) is 0. The lowest BCUT2D eigenvalue weighted by molar-refractivity contribution is 0.122. The van der Waals surface area contributed by atoms with Crippen molar-refractivity contribution < 1.29 is 9.13 Å². The van der Waals surface area contributed by atoms with Crippen LogP contribution in [0.25, 0.3) is 10.9 Å². The molecule has 0 bridgehead atoms. The monoisotopic (exact) mass is 423 g/mol. The number of aromatic amines is 1. The molecule has 164 valence electrons. The molecule has 1 aliphatic heterocycles. The Morgan fingerprint density at radius 3 is 2.81 bits per heavy atom. The van der Waals surface area contributed by atoms with E-state index in [4.69, 9.17) is 4.74 Å². The first-order valence-corrected chi connectivity index (χ1v) is 10.9. The van der Waals surface area contributed by atoms with Gasteiger partial charge in [0, 0.05) is 43.3 Å². The van der Waals surface area contributed by atoms with Gasteiger partial charge < -0.3 is 25.3 Å². The van der Waals surface area contributed by atoms with E-state index in [1.807, 2.05) is 30.0 Å². The molecule has 1 fully saturated rings. The van der Waals surface area contributed by atoms with Crippen LogP contribution in [0.2, 0.25) is 0 Å². The Kier molecular flexibility index (Phi) is 7.04. The predicted octanol–water partition coefficient (Wildman–Crippen LogP) is 3.44. The van der Waals surface area contributed by atoms with Crippen LogP contribution in [0, 0.1) is 5.82 Å². The summed E-state index contributed by atoms with van der Waals surface area (Å²) in [5.74, 6) is 0.534. The van der Waals surface area contributed by atoms with Crippen molar-refractivity contribution in [1.82, 2.24) is 15.6 Å². The molecule has 3 N–H and O–H groups in total. The van der Waals surface area contributed by atoms with E-state index in [9.17, 15) is 4.39 Å². The molecule has 1 saturated heterocycles. The van der Waals surface area contributed by atoms with Crippen molar-refractivity contribution in [3.05, 3.63) is 65.6 Å². The van der Waals surface area contributed by atoms with Gasteiger partial charge in [-0.3, -0.25) is 0 Å². The molecule has 2 aromatic carbocycles. The van der Waals surface area contributed by atoms with Gasteiger partial charge in [0.2, 0.25) is 0 Å². The van der Waals surface area contributed by atoms with Gasteiger partial charge >= 0.3 is 0 Å². The molecule has 1 aliphatic rings. The number of aromatic nitrogens is 1. The Morgan fingerprint density at radius 1 is 1.16 bits per heavy atom. The zero-order valence-corrected chi connectivity index (χ0v) is 18.0. The fourth-order valence-corrected chi connectivity index (χ4v) is 3.88. The van der Waals surface area contributed by atoms with Gasteiger partial charge in [0.1, 0.15) is 5.82 Å². The summed E-state index contributed by atoms with van der Waals surface area (Å²) in [6.45, 7) is 6.71. The Morgan fingerprint density at radius 2 is 2.00 bits per heavy atom. The van der Waals surface area contributed by atoms with E-state index in [0.29, 0.717) is 25.4 Å². The zero-order valence-electron chi connectivity index (χ0n) is 18.0. The standard InChI is InChI=1S/C24H30FN5O/c1-2-26-24(27-10-9-19-17-28-22-6-4-3-5-20(19)22)29-16-18-7-8-23(21(25)15-18)30-11-13-31-14-12-30/h3-8,15,17,28H,2,9-14,16H2,1H3,(H2,26,27,29). The Balaban J connectivity index is 1.35. The molecule has 31 heavy (non-hydrogen) atoms. The lowest BCUT2D eigenvalue weighted by Crippen LogP contribution is -2.38. The summed E-state index contributed by atoms with van der Waals surface area (Å²) < 4.78 is 20.0. The first kappa shape index (κ1) is 21.2. The summed E-state index contributed by atoms with van der Waals surface area (Å²) in [5.41, 5.74) is 3.92. The van der Waals surface area contributed by atoms with Gasteiger partial charge in [-0.25, -0.2) is 9.38 Å². The van der Waals surface area contributed by atoms with Crippen LogP contribution in [0.1, 0.15) is 18.1 Å². The molecular weight excluding hydrogens is 393 g/mol. The van der Waals surface area contributed by atoms with Crippen LogP contribution in [0.5, 0.6) is 0 Å². The molecule has 4 rings (SSSR count). The van der Waals surface area contributed by atoms with E-state index >= 15 is 0 Å². The van der Waals surface area contributed by atoms with Gasteiger partial charge in [0.05, 0.1) is 25.4 Å². The van der Waals surface area contributed by atoms with Crippen LogP contribution in [-0.4, -0.2) is 50.3 Å². The van der Waals surface area contributed by atoms with Crippen LogP contribution in [-0.2, 0) is 17.7 Å². The lowest BCUT2D eigenvalue weighted by Gasteiger charge is -2.29. The first-order chi connectivity index (χ1) is 15.2. The zero-order chi connectivity index (χ0) is 21.5. The van der Waals surface area contributed by atoms with E-state index < -0.39 is 0 Å². The van der Waals surface area contributed by atoms with Gasteiger partial charge in [-0.05, 0) is 42.7 Å². The van der Waals surface area contributed by atoms with Crippen LogP contribution in [0.4, 0.5) is 10.1 Å². The van der Waals surface area contributed by atoms with E-state index in [1.54, 1.807) is 6.07 Å². The molecule has 7 heteroatoms. The van der Waals surface area contributed by atoms with E-state index in [0.717, 1.165) is 49.6 Å². The number of benzene rings is 2. The SMILES string of the molecule is CCNC(=NCc1ccc(N2CCOCC2)c(F)c1)NCCc1c[nH]c2ccccc12. The van der Waals surface area contributed by atoms with Gasteiger partial charge in [-0.1, -0.05) is 24.3 Å². The number of halogens is 1. The Bertz CT molecular complexity index is 1030. The number of nitrogens with one attached hydrogen (secondary N) is 3. The fourth-order valence-electron chi connectivity index (χ4n) is 3.88. The molecule has 0 radical (unpaired) electrons. The highest BCUT2D eigenvalue weighted by Gasteiger charge is 2.15. The van der Waals surface area contributed by atoms with Gasteiger partial charge in [0.15, 0.2) is 5.96 Å². The summed E-state index contributed by atoms with van der Waals surface area (Å²) in [6, 6.07) is 13.7. The van der Waals surface area contributed by atoms with E-state index in [1.165, 1.54) is 10.9 Å². The second-order valence-electron chi connectivity index (χ2n) is 7.62. The molecule has 0 spiro atoms.